The molecule has 28 heavy (non-hydrogen) atoms. The zero-order valence-corrected chi connectivity index (χ0v) is 17.8. The number of rotatable bonds is 8. The standard InChI is InChI=1S/C19H26N4O4S/c1-11(2)10-22-13(4)12(3)20-19(22)28-14(5)18(24)21-16-9-15(23(25)26)7-8-17(16)27-6/h7-9,11,14H,10H2,1-6H3,(H,21,24). The van der Waals surface area contributed by atoms with Gasteiger partial charge in [-0.3, -0.25) is 14.9 Å². The second-order valence-electron chi connectivity index (χ2n) is 6.96. The zero-order valence-electron chi connectivity index (χ0n) is 17.0. The van der Waals surface area contributed by atoms with Gasteiger partial charge in [0.15, 0.2) is 5.16 Å². The summed E-state index contributed by atoms with van der Waals surface area (Å²) in [7, 11) is 1.45. The molecule has 0 aliphatic carbocycles. The van der Waals surface area contributed by atoms with Gasteiger partial charge in [0.1, 0.15) is 5.75 Å². The number of benzene rings is 1. The van der Waals surface area contributed by atoms with E-state index in [9.17, 15) is 14.9 Å². The molecule has 0 radical (unpaired) electrons. The Bertz CT molecular complexity index is 879. The molecule has 1 N–H and O–H groups in total. The average Bonchev–Trinajstić information content (AvgIpc) is 2.88. The highest BCUT2D eigenvalue weighted by molar-refractivity contribution is 8.00. The maximum absolute atomic E-state index is 12.7. The lowest BCUT2D eigenvalue weighted by Crippen LogP contribution is -2.23. The monoisotopic (exact) mass is 406 g/mol. The predicted molar refractivity (Wildman–Crippen MR) is 110 cm³/mol. The van der Waals surface area contributed by atoms with Crippen LogP contribution in [0.15, 0.2) is 23.4 Å². The highest BCUT2D eigenvalue weighted by atomic mass is 32.2. The number of methoxy groups -OCH3 is 1. The van der Waals surface area contributed by atoms with Crippen LogP contribution in [-0.2, 0) is 11.3 Å². The maximum atomic E-state index is 12.7. The Morgan fingerprint density at radius 1 is 1.36 bits per heavy atom. The van der Waals surface area contributed by atoms with Gasteiger partial charge < -0.3 is 14.6 Å². The van der Waals surface area contributed by atoms with Crippen LogP contribution in [0.25, 0.3) is 0 Å². The van der Waals surface area contributed by atoms with Gasteiger partial charge in [-0.2, -0.15) is 0 Å². The number of carbonyl (C=O) groups excluding carboxylic acids is 1. The van der Waals surface area contributed by atoms with E-state index in [0.29, 0.717) is 11.7 Å². The molecule has 152 valence electrons. The minimum absolute atomic E-state index is 0.116. The van der Waals surface area contributed by atoms with Crippen molar-refractivity contribution in [1.82, 2.24) is 9.55 Å². The molecular formula is C19H26N4O4S. The molecule has 1 unspecified atom stereocenters. The summed E-state index contributed by atoms with van der Waals surface area (Å²) >= 11 is 1.36. The molecule has 1 aromatic carbocycles. The molecule has 0 aliphatic rings. The first-order chi connectivity index (χ1) is 13.1. The number of carbonyl (C=O) groups is 1. The first-order valence-corrected chi connectivity index (χ1v) is 9.85. The maximum Gasteiger partial charge on any atom is 0.271 e. The third-order valence-electron chi connectivity index (χ3n) is 4.27. The van der Waals surface area contributed by atoms with Crippen molar-refractivity contribution < 1.29 is 14.5 Å². The smallest absolute Gasteiger partial charge is 0.271 e. The summed E-state index contributed by atoms with van der Waals surface area (Å²) in [5.41, 5.74) is 2.18. The van der Waals surface area contributed by atoms with Gasteiger partial charge >= 0.3 is 0 Å². The number of anilines is 1. The van der Waals surface area contributed by atoms with Crippen molar-refractivity contribution in [3.63, 3.8) is 0 Å². The summed E-state index contributed by atoms with van der Waals surface area (Å²) in [6.07, 6.45) is 0. The van der Waals surface area contributed by atoms with Crippen LogP contribution in [0.2, 0.25) is 0 Å². The van der Waals surface area contributed by atoms with E-state index in [-0.39, 0.29) is 17.3 Å². The molecular weight excluding hydrogens is 380 g/mol. The fourth-order valence-corrected chi connectivity index (χ4v) is 3.66. The Labute approximate surface area is 168 Å². The molecule has 1 atom stereocenters. The first kappa shape index (κ1) is 21.7. The quantitative estimate of drug-likeness (QED) is 0.401. The highest BCUT2D eigenvalue weighted by Crippen LogP contribution is 2.31. The van der Waals surface area contributed by atoms with E-state index in [0.717, 1.165) is 23.1 Å². The van der Waals surface area contributed by atoms with Gasteiger partial charge in [-0.05, 0) is 32.8 Å². The molecule has 0 spiro atoms. The molecule has 1 amide bonds. The van der Waals surface area contributed by atoms with Gasteiger partial charge in [-0.25, -0.2) is 4.98 Å². The van der Waals surface area contributed by atoms with E-state index >= 15 is 0 Å². The van der Waals surface area contributed by atoms with Crippen LogP contribution >= 0.6 is 11.8 Å². The van der Waals surface area contributed by atoms with Gasteiger partial charge in [-0.1, -0.05) is 25.6 Å². The Morgan fingerprint density at radius 2 is 2.04 bits per heavy atom. The molecule has 9 heteroatoms. The van der Waals surface area contributed by atoms with Crippen molar-refractivity contribution in [3.05, 3.63) is 39.7 Å². The van der Waals surface area contributed by atoms with Gasteiger partial charge in [0.05, 0.1) is 28.7 Å². The van der Waals surface area contributed by atoms with Crippen LogP contribution in [0.3, 0.4) is 0 Å². The number of nitrogens with one attached hydrogen (secondary N) is 1. The first-order valence-electron chi connectivity index (χ1n) is 8.97. The number of nitro benzene ring substituents is 1. The summed E-state index contributed by atoms with van der Waals surface area (Å²) < 4.78 is 7.33. The topological polar surface area (TPSA) is 99.3 Å². The SMILES string of the molecule is COc1ccc([N+](=O)[O-])cc1NC(=O)C(C)Sc1nc(C)c(C)n1CC(C)C. The fourth-order valence-electron chi connectivity index (χ4n) is 2.65. The Hall–Kier alpha value is -2.55. The van der Waals surface area contributed by atoms with E-state index in [1.807, 2.05) is 13.8 Å². The molecule has 0 aliphatic heterocycles. The van der Waals surface area contributed by atoms with Gasteiger partial charge in [0, 0.05) is 24.4 Å². The lowest BCUT2D eigenvalue weighted by Gasteiger charge is -2.16. The van der Waals surface area contributed by atoms with E-state index in [2.05, 4.69) is 28.7 Å². The highest BCUT2D eigenvalue weighted by Gasteiger charge is 2.22. The molecule has 0 bridgehead atoms. The number of aryl methyl sites for hydroxylation is 1. The van der Waals surface area contributed by atoms with Crippen LogP contribution in [0.5, 0.6) is 5.75 Å². The van der Waals surface area contributed by atoms with Crippen LogP contribution in [0.4, 0.5) is 11.4 Å². The van der Waals surface area contributed by atoms with E-state index < -0.39 is 10.2 Å². The van der Waals surface area contributed by atoms with Crippen molar-refractivity contribution >= 4 is 29.0 Å². The number of imidazole rings is 1. The van der Waals surface area contributed by atoms with E-state index in [1.165, 1.54) is 37.1 Å². The molecule has 2 aromatic rings. The van der Waals surface area contributed by atoms with Crippen molar-refractivity contribution in [2.75, 3.05) is 12.4 Å². The molecule has 1 heterocycles. The summed E-state index contributed by atoms with van der Waals surface area (Å²) in [6, 6.07) is 4.09. The summed E-state index contributed by atoms with van der Waals surface area (Å²) in [5.74, 6) is 0.534. The third kappa shape index (κ3) is 5.03. The van der Waals surface area contributed by atoms with Crippen LogP contribution in [0, 0.1) is 29.9 Å². The Morgan fingerprint density at radius 3 is 2.61 bits per heavy atom. The number of non-ortho nitro benzene ring substituents is 1. The Balaban J connectivity index is 2.19. The lowest BCUT2D eigenvalue weighted by molar-refractivity contribution is -0.384. The summed E-state index contributed by atoms with van der Waals surface area (Å²) in [4.78, 5) is 27.8. The van der Waals surface area contributed by atoms with Gasteiger partial charge in [-0.15, -0.1) is 0 Å². The third-order valence-corrected chi connectivity index (χ3v) is 5.36. The second-order valence-corrected chi connectivity index (χ2v) is 8.27. The number of nitrogens with zero attached hydrogens (tertiary/aromatic N) is 3. The number of aromatic nitrogens is 2. The van der Waals surface area contributed by atoms with E-state index in [4.69, 9.17) is 4.74 Å². The van der Waals surface area contributed by atoms with Gasteiger partial charge in [0.25, 0.3) is 5.69 Å². The van der Waals surface area contributed by atoms with Gasteiger partial charge in [0.2, 0.25) is 5.91 Å². The zero-order chi connectivity index (χ0) is 21.0. The summed E-state index contributed by atoms with van der Waals surface area (Å²) in [5, 5.41) is 14.1. The number of hydrogen-bond donors (Lipinski definition) is 1. The molecule has 2 rings (SSSR count). The Kier molecular flexibility index (Phi) is 7.06. The minimum atomic E-state index is -0.512. The normalized spacial score (nSPS) is 12.1. The van der Waals surface area contributed by atoms with Crippen molar-refractivity contribution in [2.24, 2.45) is 5.92 Å². The lowest BCUT2D eigenvalue weighted by atomic mass is 10.2. The molecule has 8 nitrogen and oxygen atoms in total. The number of nitro groups is 1. The number of hydrogen-bond acceptors (Lipinski definition) is 6. The number of thioether (sulfide) groups is 1. The average molecular weight is 407 g/mol. The number of ether oxygens (including phenoxy) is 1. The largest absolute Gasteiger partial charge is 0.495 e. The summed E-state index contributed by atoms with van der Waals surface area (Å²) in [6.45, 7) is 10.8. The second kappa shape index (κ2) is 9.09. The number of amides is 1. The van der Waals surface area contributed by atoms with Crippen LogP contribution in [-0.4, -0.2) is 32.7 Å². The van der Waals surface area contributed by atoms with Crippen LogP contribution < -0.4 is 10.1 Å². The molecule has 0 fully saturated rings. The molecule has 0 saturated carbocycles. The van der Waals surface area contributed by atoms with Crippen molar-refractivity contribution in [3.8, 4) is 5.75 Å². The minimum Gasteiger partial charge on any atom is -0.495 e. The molecule has 1 aromatic heterocycles. The predicted octanol–water partition coefficient (Wildman–Crippen LogP) is 4.19. The van der Waals surface area contributed by atoms with Crippen molar-refractivity contribution in [1.29, 1.82) is 0 Å². The van der Waals surface area contributed by atoms with Crippen LogP contribution in [0.1, 0.15) is 32.2 Å². The fraction of sp³-hybridized carbons (Fsp3) is 0.474. The molecule has 0 saturated heterocycles. The van der Waals surface area contributed by atoms with E-state index in [1.54, 1.807) is 6.92 Å². The van der Waals surface area contributed by atoms with Crippen molar-refractivity contribution in [2.45, 2.75) is 51.6 Å².